The van der Waals surface area contributed by atoms with Crippen molar-refractivity contribution in [3.8, 4) is 12.1 Å². The molecular weight excluding hydrogens is 638 g/mol. The molecule has 0 unspecified atom stereocenters. The van der Waals surface area contributed by atoms with Gasteiger partial charge in [-0.25, -0.2) is 4.99 Å². The lowest BCUT2D eigenvalue weighted by molar-refractivity contribution is -0.138. The first-order valence-corrected chi connectivity index (χ1v) is 14.0. The van der Waals surface area contributed by atoms with Crippen molar-refractivity contribution in [3.63, 3.8) is 0 Å². The molecule has 2 aliphatic rings. The van der Waals surface area contributed by atoms with E-state index in [1.54, 1.807) is 35.2 Å². The molecule has 3 aromatic rings. The van der Waals surface area contributed by atoms with Crippen LogP contribution in [0.4, 0.5) is 43.4 Å². The molecule has 1 spiro atoms. The standard InChI is InChI=1S/C30H20F6N6OS2/c31-29(32,33)23-12-20(6-4-18(23)14-37)39-26(44)40-25-28(10-1-11-28)42(21-7-2-17(16-43)3-8-21)27(45)41(25)22-9-5-19(15-38)24(13-22)30(34,35)36/h2-9,12-13,43H,1,10-11,16H2,(H,39,44). The number of hydrogen-bond acceptors (Lipinski definition) is 5. The molecule has 1 saturated carbocycles. The van der Waals surface area contributed by atoms with Gasteiger partial charge >= 0.3 is 12.4 Å². The third kappa shape index (κ3) is 5.82. The minimum absolute atomic E-state index is 0.0497. The molecule has 0 radical (unpaired) electrons. The van der Waals surface area contributed by atoms with Gasteiger partial charge in [0, 0.05) is 11.4 Å². The summed E-state index contributed by atoms with van der Waals surface area (Å²) in [5.41, 5.74) is -3.50. The highest BCUT2D eigenvalue weighted by Crippen LogP contribution is 2.49. The Kier molecular flexibility index (Phi) is 8.31. The van der Waals surface area contributed by atoms with Crippen LogP contribution in [0.1, 0.15) is 47.1 Å². The van der Waals surface area contributed by atoms with E-state index in [-0.39, 0.29) is 34.0 Å². The molecular formula is C30H20F6N6OS2. The van der Waals surface area contributed by atoms with Crippen LogP contribution in [0.2, 0.25) is 0 Å². The van der Waals surface area contributed by atoms with Crippen LogP contribution in [0.5, 0.6) is 0 Å². The number of halogens is 6. The maximum Gasteiger partial charge on any atom is 0.417 e. The number of hydrogen-bond donors (Lipinski definition) is 2. The van der Waals surface area contributed by atoms with Crippen molar-refractivity contribution in [2.24, 2.45) is 4.99 Å². The molecule has 0 aromatic heterocycles. The van der Waals surface area contributed by atoms with Gasteiger partial charge in [-0.05, 0) is 97.8 Å². The van der Waals surface area contributed by atoms with E-state index in [9.17, 15) is 36.7 Å². The topological polar surface area (TPSA) is 98.7 Å². The van der Waals surface area contributed by atoms with Gasteiger partial charge in [-0.1, -0.05) is 12.1 Å². The van der Waals surface area contributed by atoms with Gasteiger partial charge in [0.15, 0.2) is 10.2 Å². The molecule has 1 aliphatic carbocycles. The van der Waals surface area contributed by atoms with Crippen LogP contribution in [0, 0.1) is 22.7 Å². The van der Waals surface area contributed by atoms with E-state index in [0.717, 1.165) is 18.2 Å². The number of aliphatic imine (C=N–C) groups is 1. The fourth-order valence-corrected chi connectivity index (χ4v) is 6.02. The predicted octanol–water partition coefficient (Wildman–Crippen LogP) is 7.29. The van der Waals surface area contributed by atoms with Crippen molar-refractivity contribution in [2.75, 3.05) is 15.1 Å². The van der Waals surface area contributed by atoms with E-state index in [1.807, 2.05) is 0 Å². The first kappa shape index (κ1) is 31.8. The Labute approximate surface area is 263 Å². The molecule has 5 rings (SSSR count). The molecule has 7 nitrogen and oxygen atoms in total. The van der Waals surface area contributed by atoms with E-state index in [0.29, 0.717) is 36.6 Å². The van der Waals surface area contributed by atoms with Crippen molar-refractivity contribution in [3.05, 3.63) is 88.5 Å². The number of nitriles is 2. The first-order valence-electron chi connectivity index (χ1n) is 13.2. The summed E-state index contributed by atoms with van der Waals surface area (Å²) in [6.45, 7) is -0.217. The van der Waals surface area contributed by atoms with Crippen LogP contribution in [-0.2, 0) is 19.0 Å². The summed E-state index contributed by atoms with van der Waals surface area (Å²) in [5.74, 6) is 0.144. The molecule has 0 atom stereocenters. The number of amidine groups is 1. The Hall–Kier alpha value is -4.57. The number of benzene rings is 3. The second kappa shape index (κ2) is 11.7. The van der Waals surface area contributed by atoms with Crippen molar-refractivity contribution in [1.82, 2.24) is 0 Å². The largest absolute Gasteiger partial charge is 0.417 e. The normalized spacial score (nSPS) is 16.8. The molecule has 3 aromatic carbocycles. The molecule has 45 heavy (non-hydrogen) atoms. The minimum atomic E-state index is -4.86. The zero-order valence-electron chi connectivity index (χ0n) is 22.9. The number of aliphatic hydroxyl groups excluding tert-OH is 1. The van der Waals surface area contributed by atoms with Gasteiger partial charge in [0.05, 0.1) is 46.7 Å². The molecule has 0 amide bonds. The number of alkyl halides is 6. The average Bonchev–Trinajstić information content (AvgIpc) is 3.23. The Morgan fingerprint density at radius 2 is 1.44 bits per heavy atom. The van der Waals surface area contributed by atoms with Crippen molar-refractivity contribution >= 4 is 57.6 Å². The highest BCUT2D eigenvalue weighted by Gasteiger charge is 2.58. The lowest BCUT2D eigenvalue weighted by Gasteiger charge is -2.44. The predicted molar refractivity (Wildman–Crippen MR) is 162 cm³/mol. The van der Waals surface area contributed by atoms with Gasteiger partial charge in [-0.2, -0.15) is 36.9 Å². The van der Waals surface area contributed by atoms with Gasteiger partial charge in [-0.15, -0.1) is 0 Å². The summed E-state index contributed by atoms with van der Waals surface area (Å²) in [5, 5.41) is 30.3. The fraction of sp³-hybridized carbons (Fsp3) is 0.233. The van der Waals surface area contributed by atoms with Gasteiger partial charge < -0.3 is 15.3 Å². The maximum absolute atomic E-state index is 14.0. The second-order valence-corrected chi connectivity index (χ2v) is 11.0. The van der Waals surface area contributed by atoms with Crippen molar-refractivity contribution in [1.29, 1.82) is 10.5 Å². The van der Waals surface area contributed by atoms with Crippen LogP contribution >= 0.6 is 24.4 Å². The molecule has 1 saturated heterocycles. The summed E-state index contributed by atoms with van der Waals surface area (Å²) >= 11 is 11.3. The van der Waals surface area contributed by atoms with Crippen LogP contribution in [0.3, 0.4) is 0 Å². The molecule has 1 heterocycles. The molecule has 230 valence electrons. The van der Waals surface area contributed by atoms with Gasteiger partial charge in [0.25, 0.3) is 0 Å². The van der Waals surface area contributed by atoms with E-state index in [4.69, 9.17) is 29.7 Å². The zero-order valence-corrected chi connectivity index (χ0v) is 24.5. The molecule has 0 bridgehead atoms. The summed E-state index contributed by atoms with van der Waals surface area (Å²) in [6, 6.07) is 15.8. The lowest BCUT2D eigenvalue weighted by Crippen LogP contribution is -2.55. The average molecular weight is 659 g/mol. The van der Waals surface area contributed by atoms with Gasteiger partial charge in [-0.3, -0.25) is 4.90 Å². The Balaban J connectivity index is 1.64. The summed E-state index contributed by atoms with van der Waals surface area (Å²) in [6.07, 6.45) is -8.06. The first-order chi connectivity index (χ1) is 21.2. The maximum atomic E-state index is 14.0. The summed E-state index contributed by atoms with van der Waals surface area (Å²) in [7, 11) is 0. The lowest BCUT2D eigenvalue weighted by atomic mass is 9.74. The number of nitrogens with one attached hydrogen (secondary N) is 1. The van der Waals surface area contributed by atoms with Crippen LogP contribution in [0.15, 0.2) is 65.7 Å². The third-order valence-electron chi connectivity index (χ3n) is 7.59. The van der Waals surface area contributed by atoms with Gasteiger partial charge in [0.2, 0.25) is 0 Å². The Morgan fingerprint density at radius 1 is 0.889 bits per heavy atom. The number of anilines is 3. The van der Waals surface area contributed by atoms with E-state index >= 15 is 0 Å². The van der Waals surface area contributed by atoms with Crippen molar-refractivity contribution in [2.45, 2.75) is 43.8 Å². The van der Waals surface area contributed by atoms with Crippen LogP contribution in [0.25, 0.3) is 0 Å². The van der Waals surface area contributed by atoms with Crippen LogP contribution < -0.4 is 15.1 Å². The third-order valence-corrected chi connectivity index (χ3v) is 8.15. The number of rotatable bonds is 4. The quantitative estimate of drug-likeness (QED) is 0.223. The highest BCUT2D eigenvalue weighted by molar-refractivity contribution is 7.81. The van der Waals surface area contributed by atoms with Crippen molar-refractivity contribution < 1.29 is 31.4 Å². The smallest absolute Gasteiger partial charge is 0.392 e. The van der Waals surface area contributed by atoms with Crippen LogP contribution in [-0.4, -0.2) is 26.7 Å². The van der Waals surface area contributed by atoms with E-state index in [1.165, 1.54) is 23.1 Å². The molecule has 15 heteroatoms. The Morgan fingerprint density at radius 3 is 1.96 bits per heavy atom. The highest BCUT2D eigenvalue weighted by atomic mass is 32.1. The summed E-state index contributed by atoms with van der Waals surface area (Å²) in [4.78, 5) is 7.59. The molecule has 2 N–H and O–H groups in total. The molecule has 2 fully saturated rings. The fourth-order valence-electron chi connectivity index (χ4n) is 5.34. The number of nitrogens with zero attached hydrogens (tertiary/aromatic N) is 5. The monoisotopic (exact) mass is 658 g/mol. The molecule has 1 aliphatic heterocycles. The summed E-state index contributed by atoms with van der Waals surface area (Å²) < 4.78 is 82.6. The van der Waals surface area contributed by atoms with Gasteiger partial charge in [0.1, 0.15) is 11.4 Å². The number of thiocarbonyl (C=S) groups is 2. The zero-order chi connectivity index (χ0) is 32.7. The minimum Gasteiger partial charge on any atom is -0.392 e. The Bertz CT molecular complexity index is 1800. The van der Waals surface area contributed by atoms with E-state index in [2.05, 4.69) is 10.3 Å². The number of aliphatic hydroxyl groups is 1. The van der Waals surface area contributed by atoms with E-state index < -0.39 is 40.1 Å². The second-order valence-electron chi connectivity index (χ2n) is 10.2. The SMILES string of the molecule is N#Cc1ccc(NC(=S)N=C2N(c3ccc(C#N)c(C(F)(F)F)c3)C(=S)N(c3ccc(CO)cc3)C23CCC3)cc1C(F)(F)F.